The van der Waals surface area contributed by atoms with Gasteiger partial charge in [-0.25, -0.2) is 14.6 Å². The first-order chi connectivity index (χ1) is 15.6. The molecule has 4 rings (SSSR count). The summed E-state index contributed by atoms with van der Waals surface area (Å²) >= 11 is 0. The number of rotatable bonds is 7. The van der Waals surface area contributed by atoms with Crippen molar-refractivity contribution in [3.05, 3.63) is 83.4 Å². The minimum atomic E-state index is -0.650. The van der Waals surface area contributed by atoms with Crippen molar-refractivity contribution in [1.29, 1.82) is 0 Å². The minimum Gasteiger partial charge on any atom is -0.494 e. The quantitative estimate of drug-likeness (QED) is 0.312. The molecule has 0 atom stereocenters. The summed E-state index contributed by atoms with van der Waals surface area (Å²) < 4.78 is 26.4. The van der Waals surface area contributed by atoms with E-state index >= 15 is 0 Å². The summed E-state index contributed by atoms with van der Waals surface area (Å²) in [5, 5.41) is 0. The Labute approximate surface area is 183 Å². The fraction of sp³-hybridized carbons (Fsp3) is 0.125. The zero-order valence-electron chi connectivity index (χ0n) is 17.4. The van der Waals surface area contributed by atoms with E-state index in [1.54, 1.807) is 54.6 Å². The van der Waals surface area contributed by atoms with Gasteiger partial charge in [-0.1, -0.05) is 6.07 Å². The molecule has 32 heavy (non-hydrogen) atoms. The van der Waals surface area contributed by atoms with Gasteiger partial charge in [0, 0.05) is 5.56 Å². The van der Waals surface area contributed by atoms with Crippen molar-refractivity contribution in [2.45, 2.75) is 6.92 Å². The fourth-order valence-corrected chi connectivity index (χ4v) is 2.95. The Morgan fingerprint density at radius 1 is 1.09 bits per heavy atom. The number of methoxy groups -OCH3 is 1. The number of carbonyl (C=O) groups is 2. The second kappa shape index (κ2) is 9.22. The third kappa shape index (κ3) is 4.54. The number of furan rings is 1. The highest BCUT2D eigenvalue weighted by atomic mass is 16.6. The summed E-state index contributed by atoms with van der Waals surface area (Å²) in [5.74, 6) is 0.301. The number of hydrogen-bond donors (Lipinski definition) is 0. The van der Waals surface area contributed by atoms with Gasteiger partial charge in [-0.2, -0.15) is 0 Å². The first kappa shape index (κ1) is 20.9. The summed E-state index contributed by atoms with van der Waals surface area (Å²) in [6, 6.07) is 15.0. The molecule has 1 aliphatic rings. The average molecular weight is 433 g/mol. The minimum absolute atomic E-state index is 0.0723. The van der Waals surface area contributed by atoms with Gasteiger partial charge in [0.2, 0.25) is 11.7 Å². The molecule has 0 saturated heterocycles. The maximum atomic E-state index is 12.3. The van der Waals surface area contributed by atoms with Gasteiger partial charge in [0.1, 0.15) is 5.75 Å². The number of ether oxygens (including phenoxy) is 4. The maximum Gasteiger partial charge on any atom is 0.379 e. The molecule has 2 heterocycles. The van der Waals surface area contributed by atoms with Gasteiger partial charge in [0.05, 0.1) is 20.0 Å². The van der Waals surface area contributed by atoms with Crippen molar-refractivity contribution >= 4 is 23.9 Å². The number of carbonyl (C=O) groups excluding carboxylic acids is 2. The molecule has 0 aliphatic carbocycles. The summed E-state index contributed by atoms with van der Waals surface area (Å²) in [7, 11) is 1.45. The fourth-order valence-electron chi connectivity index (χ4n) is 2.95. The molecule has 0 unspecified atom stereocenters. The van der Waals surface area contributed by atoms with Gasteiger partial charge < -0.3 is 23.4 Å². The highest BCUT2D eigenvalue weighted by Crippen LogP contribution is 2.30. The van der Waals surface area contributed by atoms with E-state index in [-0.39, 0.29) is 23.1 Å². The third-order valence-electron chi connectivity index (χ3n) is 4.45. The first-order valence-corrected chi connectivity index (χ1v) is 9.77. The molecule has 0 N–H and O–H groups in total. The molecule has 0 radical (unpaired) electrons. The Morgan fingerprint density at radius 2 is 1.91 bits per heavy atom. The van der Waals surface area contributed by atoms with E-state index in [9.17, 15) is 9.59 Å². The number of aliphatic imine (C=N–C) groups is 1. The molecule has 1 aliphatic heterocycles. The molecular weight excluding hydrogens is 414 g/mol. The van der Waals surface area contributed by atoms with Gasteiger partial charge in [-0.3, -0.25) is 0 Å². The average Bonchev–Trinajstić information content (AvgIpc) is 3.46. The van der Waals surface area contributed by atoms with Crippen molar-refractivity contribution < 1.29 is 33.0 Å². The molecule has 0 bridgehead atoms. The van der Waals surface area contributed by atoms with Crippen molar-refractivity contribution in [3.63, 3.8) is 0 Å². The molecule has 0 amide bonds. The van der Waals surface area contributed by atoms with Gasteiger partial charge in [0.15, 0.2) is 17.2 Å². The first-order valence-electron chi connectivity index (χ1n) is 9.77. The smallest absolute Gasteiger partial charge is 0.379 e. The SMILES string of the molecule is CCOc1ccc(C2=N/C(=C/c3ccc(OC(=O)c4ccco4)c(OC)c3)C(=O)O2)cc1. The van der Waals surface area contributed by atoms with E-state index in [1.165, 1.54) is 19.4 Å². The van der Waals surface area contributed by atoms with Crippen LogP contribution in [-0.2, 0) is 9.53 Å². The van der Waals surface area contributed by atoms with Crippen molar-refractivity contribution in [3.8, 4) is 17.2 Å². The Kier molecular flexibility index (Phi) is 6.03. The summed E-state index contributed by atoms with van der Waals surface area (Å²) in [6.45, 7) is 2.46. The van der Waals surface area contributed by atoms with Gasteiger partial charge in [0.25, 0.3) is 0 Å². The molecule has 162 valence electrons. The van der Waals surface area contributed by atoms with E-state index in [1.807, 2.05) is 6.92 Å². The van der Waals surface area contributed by atoms with Crippen molar-refractivity contribution in [1.82, 2.24) is 0 Å². The lowest BCUT2D eigenvalue weighted by Gasteiger charge is -2.09. The molecule has 8 nitrogen and oxygen atoms in total. The lowest BCUT2D eigenvalue weighted by molar-refractivity contribution is -0.129. The Morgan fingerprint density at radius 3 is 2.59 bits per heavy atom. The van der Waals surface area contributed by atoms with Crippen LogP contribution in [0.1, 0.15) is 28.6 Å². The van der Waals surface area contributed by atoms with Gasteiger partial charge >= 0.3 is 11.9 Å². The summed E-state index contributed by atoms with van der Waals surface area (Å²) in [4.78, 5) is 28.7. The molecule has 0 saturated carbocycles. The van der Waals surface area contributed by atoms with Gasteiger partial charge in [-0.15, -0.1) is 0 Å². The number of cyclic esters (lactones) is 1. The summed E-state index contributed by atoms with van der Waals surface area (Å²) in [6.07, 6.45) is 2.94. The molecule has 3 aromatic rings. The Bertz CT molecular complexity index is 1190. The molecule has 0 fully saturated rings. The van der Waals surface area contributed by atoms with Crippen LogP contribution < -0.4 is 14.2 Å². The van der Waals surface area contributed by atoms with Crippen LogP contribution >= 0.6 is 0 Å². The van der Waals surface area contributed by atoms with Crippen LogP contribution in [0.15, 0.2) is 76.0 Å². The highest BCUT2D eigenvalue weighted by molar-refractivity contribution is 6.12. The van der Waals surface area contributed by atoms with Crippen LogP contribution in [0.5, 0.6) is 17.2 Å². The van der Waals surface area contributed by atoms with Crippen LogP contribution in [0.4, 0.5) is 0 Å². The van der Waals surface area contributed by atoms with E-state index in [4.69, 9.17) is 23.4 Å². The van der Waals surface area contributed by atoms with Crippen molar-refractivity contribution in [2.24, 2.45) is 4.99 Å². The second-order valence-corrected chi connectivity index (χ2v) is 6.57. The van der Waals surface area contributed by atoms with Crippen LogP contribution in [-0.4, -0.2) is 31.6 Å². The Balaban J connectivity index is 1.54. The van der Waals surface area contributed by atoms with Crippen LogP contribution in [0.3, 0.4) is 0 Å². The van der Waals surface area contributed by atoms with E-state index in [0.717, 1.165) is 5.75 Å². The van der Waals surface area contributed by atoms with Crippen molar-refractivity contribution in [2.75, 3.05) is 13.7 Å². The number of hydrogen-bond acceptors (Lipinski definition) is 8. The normalized spacial score (nSPS) is 14.1. The zero-order chi connectivity index (χ0) is 22.5. The monoisotopic (exact) mass is 433 g/mol. The lowest BCUT2D eigenvalue weighted by atomic mass is 10.1. The molecule has 1 aromatic heterocycles. The number of benzene rings is 2. The highest BCUT2D eigenvalue weighted by Gasteiger charge is 2.24. The largest absolute Gasteiger partial charge is 0.494 e. The van der Waals surface area contributed by atoms with Crippen LogP contribution in [0.2, 0.25) is 0 Å². The number of nitrogens with zero attached hydrogens (tertiary/aromatic N) is 1. The zero-order valence-corrected chi connectivity index (χ0v) is 17.4. The summed E-state index contributed by atoms with van der Waals surface area (Å²) in [5.41, 5.74) is 1.41. The lowest BCUT2D eigenvalue weighted by Crippen LogP contribution is -2.08. The third-order valence-corrected chi connectivity index (χ3v) is 4.45. The van der Waals surface area contributed by atoms with Crippen LogP contribution in [0, 0.1) is 0 Å². The van der Waals surface area contributed by atoms with E-state index < -0.39 is 11.9 Å². The van der Waals surface area contributed by atoms with E-state index in [2.05, 4.69) is 4.99 Å². The Hall–Kier alpha value is -4.33. The molecule has 2 aromatic carbocycles. The van der Waals surface area contributed by atoms with Crippen LogP contribution in [0.25, 0.3) is 6.08 Å². The van der Waals surface area contributed by atoms with Gasteiger partial charge in [-0.05, 0) is 67.1 Å². The second-order valence-electron chi connectivity index (χ2n) is 6.57. The maximum absolute atomic E-state index is 12.3. The molecular formula is C24H19NO7. The predicted molar refractivity (Wildman–Crippen MR) is 115 cm³/mol. The predicted octanol–water partition coefficient (Wildman–Crippen LogP) is 4.25. The topological polar surface area (TPSA) is 96.6 Å². The molecule has 0 spiro atoms. The standard InChI is InChI=1S/C24H19NO7/c1-3-29-17-9-7-16(8-10-17)22-25-18(23(26)32-22)13-15-6-11-19(21(14-15)28-2)31-24(27)20-5-4-12-30-20/h4-14H,3H2,1-2H3/b18-13+. The van der Waals surface area contributed by atoms with E-state index in [0.29, 0.717) is 23.5 Å². The molecule has 8 heteroatoms. The number of esters is 2.